The quantitative estimate of drug-likeness (QED) is 0.506. The van der Waals surface area contributed by atoms with Gasteiger partial charge in [0.25, 0.3) is 0 Å². The molecule has 0 aliphatic heterocycles. The molecule has 1 heterocycles. The molecule has 0 saturated heterocycles. The maximum absolute atomic E-state index is 13.2. The zero-order chi connectivity index (χ0) is 23.3. The van der Waals surface area contributed by atoms with Gasteiger partial charge in [-0.3, -0.25) is 9.59 Å². The van der Waals surface area contributed by atoms with Gasteiger partial charge in [-0.05, 0) is 37.0 Å². The first-order chi connectivity index (χ1) is 15.2. The second-order valence-electron chi connectivity index (χ2n) is 7.99. The largest absolute Gasteiger partial charge is 0.466 e. The first-order valence-corrected chi connectivity index (χ1v) is 13.7. The number of carbonyl (C=O) groups excluding carboxylic acids is 2. The fourth-order valence-electron chi connectivity index (χ4n) is 3.96. The van der Waals surface area contributed by atoms with Crippen LogP contribution in [-0.4, -0.2) is 38.1 Å². The number of carbonyl (C=O) groups is 2. The van der Waals surface area contributed by atoms with Gasteiger partial charge in [-0.2, -0.15) is 0 Å². The van der Waals surface area contributed by atoms with Crippen LogP contribution in [0.5, 0.6) is 0 Å². The molecule has 1 amide bonds. The van der Waals surface area contributed by atoms with Gasteiger partial charge in [0.15, 0.2) is 15.0 Å². The lowest BCUT2D eigenvalue weighted by molar-refractivity contribution is -0.142. The number of sulfone groups is 1. The Kier molecular flexibility index (Phi) is 8.30. The van der Waals surface area contributed by atoms with Crippen LogP contribution in [0.2, 0.25) is 4.34 Å². The zero-order valence-corrected chi connectivity index (χ0v) is 20.5. The van der Waals surface area contributed by atoms with Gasteiger partial charge in [0, 0.05) is 6.26 Å². The van der Waals surface area contributed by atoms with Crippen molar-refractivity contribution in [1.29, 1.82) is 0 Å². The van der Waals surface area contributed by atoms with Gasteiger partial charge in [-0.25, -0.2) is 13.4 Å². The molecule has 1 N–H and O–H groups in total. The molecule has 174 valence electrons. The zero-order valence-electron chi connectivity index (χ0n) is 18.1. The molecule has 0 radical (unpaired) electrons. The number of amides is 1. The molecule has 1 fully saturated rings. The molecule has 1 aliphatic rings. The van der Waals surface area contributed by atoms with Gasteiger partial charge in [0.05, 0.1) is 29.5 Å². The van der Waals surface area contributed by atoms with Crippen molar-refractivity contribution < 1.29 is 22.7 Å². The van der Waals surface area contributed by atoms with Crippen LogP contribution in [0.4, 0.5) is 5.13 Å². The molecule has 10 heteroatoms. The molecule has 1 aromatic heterocycles. The average molecular weight is 499 g/mol. The lowest BCUT2D eigenvalue weighted by Gasteiger charge is -2.20. The van der Waals surface area contributed by atoms with E-state index in [4.69, 9.17) is 16.3 Å². The topological polar surface area (TPSA) is 102 Å². The molecule has 1 aromatic carbocycles. The van der Waals surface area contributed by atoms with Crippen molar-refractivity contribution >= 4 is 49.8 Å². The van der Waals surface area contributed by atoms with Crippen LogP contribution in [0, 0.1) is 5.92 Å². The third-order valence-corrected chi connectivity index (χ3v) is 7.95. The number of halogens is 1. The van der Waals surface area contributed by atoms with Crippen molar-refractivity contribution in [2.45, 2.75) is 56.3 Å². The minimum Gasteiger partial charge on any atom is -0.466 e. The first kappa shape index (κ1) is 24.7. The van der Waals surface area contributed by atoms with Crippen LogP contribution < -0.4 is 5.32 Å². The van der Waals surface area contributed by atoms with Crippen molar-refractivity contribution in [2.75, 3.05) is 18.2 Å². The first-order valence-electron chi connectivity index (χ1n) is 10.6. The highest BCUT2D eigenvalue weighted by Crippen LogP contribution is 2.36. The Morgan fingerprint density at radius 2 is 1.91 bits per heavy atom. The van der Waals surface area contributed by atoms with Crippen LogP contribution in [0.15, 0.2) is 29.2 Å². The number of aromatic nitrogens is 1. The number of rotatable bonds is 9. The van der Waals surface area contributed by atoms with Gasteiger partial charge in [-0.1, -0.05) is 60.8 Å². The third-order valence-electron chi connectivity index (χ3n) is 5.57. The van der Waals surface area contributed by atoms with Crippen molar-refractivity contribution in [2.24, 2.45) is 5.92 Å². The maximum atomic E-state index is 13.2. The standard InChI is InChI=1S/C22H27ClN2O5S2/c1-3-30-19(26)13-18-20(23)31-22(24-18)25-21(27)17(12-14-6-4-5-7-14)15-8-10-16(11-9-15)32(2,28)29/h8-11,14,17H,3-7,12-13H2,1-2H3,(H,24,25,27). The van der Waals surface area contributed by atoms with E-state index in [1.807, 2.05) is 0 Å². The Bertz CT molecular complexity index is 1060. The molecule has 2 aromatic rings. The van der Waals surface area contributed by atoms with Crippen LogP contribution in [-0.2, 0) is 30.6 Å². The van der Waals surface area contributed by atoms with Crippen molar-refractivity contribution in [1.82, 2.24) is 4.98 Å². The number of benzene rings is 1. The fourth-order valence-corrected chi connectivity index (χ4v) is 5.63. The normalized spacial score (nSPS) is 15.5. The molecule has 3 rings (SSSR count). The van der Waals surface area contributed by atoms with E-state index in [1.165, 1.54) is 12.1 Å². The minimum absolute atomic E-state index is 0.0580. The van der Waals surface area contributed by atoms with Crippen LogP contribution in [0.25, 0.3) is 0 Å². The molecule has 0 bridgehead atoms. The second-order valence-corrected chi connectivity index (χ2v) is 11.6. The summed E-state index contributed by atoms with van der Waals surface area (Å²) < 4.78 is 28.8. The molecule has 1 saturated carbocycles. The summed E-state index contributed by atoms with van der Waals surface area (Å²) in [4.78, 5) is 29.5. The molecule has 1 aliphatic carbocycles. The number of anilines is 1. The number of hydrogen-bond donors (Lipinski definition) is 1. The summed E-state index contributed by atoms with van der Waals surface area (Å²) in [5.74, 6) is -0.651. The number of esters is 1. The van der Waals surface area contributed by atoms with Crippen molar-refractivity contribution in [3.8, 4) is 0 Å². The molecule has 7 nitrogen and oxygen atoms in total. The lowest BCUT2D eigenvalue weighted by atomic mass is 9.87. The highest BCUT2D eigenvalue weighted by atomic mass is 35.5. The number of nitrogens with zero attached hydrogens (tertiary/aromatic N) is 1. The van der Waals surface area contributed by atoms with Crippen LogP contribution in [0.3, 0.4) is 0 Å². The highest BCUT2D eigenvalue weighted by Gasteiger charge is 2.28. The van der Waals surface area contributed by atoms with E-state index in [0.717, 1.165) is 48.8 Å². The van der Waals surface area contributed by atoms with Crippen LogP contribution >= 0.6 is 22.9 Å². The summed E-state index contributed by atoms with van der Waals surface area (Å²) in [6, 6.07) is 6.49. The predicted octanol–water partition coefficient (Wildman–Crippen LogP) is 4.61. The third kappa shape index (κ3) is 6.52. The Hall–Kier alpha value is -1.97. The Morgan fingerprint density at radius 1 is 1.25 bits per heavy atom. The summed E-state index contributed by atoms with van der Waals surface area (Å²) >= 11 is 7.31. The van der Waals surface area contributed by atoms with Crippen molar-refractivity contribution in [3.63, 3.8) is 0 Å². The summed E-state index contributed by atoms with van der Waals surface area (Å²) in [6.07, 6.45) is 6.26. The Balaban J connectivity index is 1.79. The lowest BCUT2D eigenvalue weighted by Crippen LogP contribution is -2.23. The number of nitrogens with one attached hydrogen (secondary N) is 1. The summed E-state index contributed by atoms with van der Waals surface area (Å²) in [6.45, 7) is 1.99. The monoisotopic (exact) mass is 498 g/mol. The number of hydrogen-bond acceptors (Lipinski definition) is 7. The van der Waals surface area contributed by atoms with Gasteiger partial charge >= 0.3 is 5.97 Å². The summed E-state index contributed by atoms with van der Waals surface area (Å²) in [5.41, 5.74) is 1.13. The second kappa shape index (κ2) is 10.8. The molecular weight excluding hydrogens is 472 g/mol. The van der Waals surface area contributed by atoms with Crippen molar-refractivity contribution in [3.05, 3.63) is 39.9 Å². The van der Waals surface area contributed by atoms with E-state index in [9.17, 15) is 18.0 Å². The van der Waals surface area contributed by atoms with E-state index in [0.29, 0.717) is 27.5 Å². The van der Waals surface area contributed by atoms with Crippen LogP contribution in [0.1, 0.15) is 56.2 Å². The smallest absolute Gasteiger partial charge is 0.311 e. The summed E-state index contributed by atoms with van der Waals surface area (Å²) in [5, 5.41) is 3.16. The maximum Gasteiger partial charge on any atom is 0.311 e. The predicted molar refractivity (Wildman–Crippen MR) is 125 cm³/mol. The van der Waals surface area contributed by atoms with E-state index in [1.54, 1.807) is 19.1 Å². The highest BCUT2D eigenvalue weighted by molar-refractivity contribution is 7.90. The molecular formula is C22H27ClN2O5S2. The summed E-state index contributed by atoms with van der Waals surface area (Å²) in [7, 11) is -3.31. The van der Waals surface area contributed by atoms with E-state index < -0.39 is 21.7 Å². The van der Waals surface area contributed by atoms with Gasteiger partial charge in [-0.15, -0.1) is 0 Å². The molecule has 1 unspecified atom stereocenters. The molecule has 0 spiro atoms. The number of thiazole rings is 1. The molecule has 1 atom stereocenters. The van der Waals surface area contributed by atoms with Gasteiger partial charge in [0.1, 0.15) is 4.34 Å². The fraction of sp³-hybridized carbons (Fsp3) is 0.500. The van der Waals surface area contributed by atoms with Gasteiger partial charge in [0.2, 0.25) is 5.91 Å². The Labute approximate surface area is 197 Å². The SMILES string of the molecule is CCOC(=O)Cc1nc(NC(=O)C(CC2CCCC2)c2ccc(S(C)(=O)=O)cc2)sc1Cl. The average Bonchev–Trinajstić information content (AvgIpc) is 3.35. The van der Waals surface area contributed by atoms with E-state index >= 15 is 0 Å². The minimum atomic E-state index is -3.31. The van der Waals surface area contributed by atoms with E-state index in [2.05, 4.69) is 10.3 Å². The Morgan fingerprint density at radius 3 is 2.50 bits per heavy atom. The van der Waals surface area contributed by atoms with Gasteiger partial charge < -0.3 is 10.1 Å². The molecule has 32 heavy (non-hydrogen) atoms. The van der Waals surface area contributed by atoms with E-state index in [-0.39, 0.29) is 23.8 Å². The number of ether oxygens (including phenoxy) is 1.